The molecule has 0 aliphatic rings. The molecule has 0 radical (unpaired) electrons. The lowest BCUT2D eigenvalue weighted by atomic mass is 10.1. The van der Waals surface area contributed by atoms with E-state index in [2.05, 4.69) is 31.7 Å². The number of aromatic nitrogens is 1. The third-order valence-electron chi connectivity index (χ3n) is 4.51. The van der Waals surface area contributed by atoms with E-state index in [9.17, 15) is 22.6 Å². The topological polar surface area (TPSA) is 162 Å². The number of carbonyl (C=O) groups is 2. The molecule has 3 rings (SSSR count). The minimum atomic E-state index is -4.38. The van der Waals surface area contributed by atoms with Gasteiger partial charge in [-0.2, -0.15) is 13.5 Å². The largest absolute Gasteiger partial charge is 0.348 e. The van der Waals surface area contributed by atoms with Crippen molar-refractivity contribution in [1.29, 1.82) is 0 Å². The molecule has 12 heteroatoms. The molecule has 11 nitrogen and oxygen atoms in total. The standard InChI is InChI=1S/C22H22N6O5S/c1-23-28-22(30)16-8-6-15(7-9-16)12-25-21(29)18-10-11-20(24-13-18)27-26-14-17-4-2-3-5-19(17)34(31,32)33/h2-11,13-14,23H,12H2,1H3,(H,24,27)(H,25,29)(H,28,30)(H,31,32,33)/b26-14+. The Labute approximate surface area is 196 Å². The van der Waals surface area contributed by atoms with E-state index in [1.165, 1.54) is 36.7 Å². The number of rotatable bonds is 9. The van der Waals surface area contributed by atoms with Gasteiger partial charge in [0.25, 0.3) is 21.9 Å². The summed E-state index contributed by atoms with van der Waals surface area (Å²) >= 11 is 0. The number of hydrogen-bond donors (Lipinski definition) is 5. The number of benzene rings is 2. The van der Waals surface area contributed by atoms with Gasteiger partial charge in [0.15, 0.2) is 0 Å². The molecule has 0 saturated heterocycles. The van der Waals surface area contributed by atoms with Crippen molar-refractivity contribution in [3.63, 3.8) is 0 Å². The van der Waals surface area contributed by atoms with Crippen molar-refractivity contribution >= 4 is 34.0 Å². The minimum Gasteiger partial charge on any atom is -0.348 e. The summed E-state index contributed by atoms with van der Waals surface area (Å²) in [4.78, 5) is 27.9. The van der Waals surface area contributed by atoms with Gasteiger partial charge in [-0.1, -0.05) is 30.3 Å². The van der Waals surface area contributed by atoms with Gasteiger partial charge >= 0.3 is 0 Å². The third-order valence-corrected chi connectivity index (χ3v) is 5.44. The normalized spacial score (nSPS) is 11.2. The zero-order chi connectivity index (χ0) is 24.6. The van der Waals surface area contributed by atoms with Gasteiger partial charge in [-0.3, -0.25) is 25.0 Å². The van der Waals surface area contributed by atoms with E-state index in [0.717, 1.165) is 5.56 Å². The maximum absolute atomic E-state index is 12.4. The van der Waals surface area contributed by atoms with Gasteiger partial charge in [0.2, 0.25) is 0 Å². The lowest BCUT2D eigenvalue weighted by Crippen LogP contribution is -2.34. The molecule has 5 N–H and O–H groups in total. The monoisotopic (exact) mass is 482 g/mol. The Morgan fingerprint density at radius 3 is 2.35 bits per heavy atom. The van der Waals surface area contributed by atoms with Crippen LogP contribution < -0.4 is 21.6 Å². The van der Waals surface area contributed by atoms with Crippen LogP contribution in [0.2, 0.25) is 0 Å². The van der Waals surface area contributed by atoms with E-state index in [-0.39, 0.29) is 28.8 Å². The van der Waals surface area contributed by atoms with E-state index >= 15 is 0 Å². The zero-order valence-corrected chi connectivity index (χ0v) is 18.8. The SMILES string of the molecule is CNNC(=O)c1ccc(CNC(=O)c2ccc(N/N=C/c3ccccc3S(=O)(=O)O)nc2)cc1. The Morgan fingerprint density at radius 2 is 1.71 bits per heavy atom. The molecule has 1 aromatic heterocycles. The van der Waals surface area contributed by atoms with E-state index in [1.54, 1.807) is 43.4 Å². The first-order chi connectivity index (χ1) is 16.3. The number of anilines is 1. The summed E-state index contributed by atoms with van der Waals surface area (Å²) in [5, 5.41) is 6.69. The van der Waals surface area contributed by atoms with Crippen molar-refractivity contribution in [2.45, 2.75) is 11.4 Å². The molecule has 2 amide bonds. The van der Waals surface area contributed by atoms with Crippen LogP contribution in [0.15, 0.2) is 76.9 Å². The average Bonchev–Trinajstić information content (AvgIpc) is 2.83. The van der Waals surface area contributed by atoms with Crippen LogP contribution in [0.3, 0.4) is 0 Å². The highest BCUT2D eigenvalue weighted by molar-refractivity contribution is 7.86. The van der Waals surface area contributed by atoms with E-state index in [0.29, 0.717) is 16.9 Å². The highest BCUT2D eigenvalue weighted by atomic mass is 32.2. The van der Waals surface area contributed by atoms with E-state index < -0.39 is 10.1 Å². The molecule has 0 spiro atoms. The van der Waals surface area contributed by atoms with Gasteiger partial charge in [-0.15, -0.1) is 0 Å². The molecule has 0 fully saturated rings. The van der Waals surface area contributed by atoms with Gasteiger partial charge < -0.3 is 5.32 Å². The van der Waals surface area contributed by atoms with Gasteiger partial charge in [-0.25, -0.2) is 10.4 Å². The molecular weight excluding hydrogens is 460 g/mol. The number of pyridine rings is 1. The second-order valence-electron chi connectivity index (χ2n) is 6.90. The van der Waals surface area contributed by atoms with Crippen LogP contribution in [0.25, 0.3) is 0 Å². The Kier molecular flexibility index (Phi) is 8.03. The predicted molar refractivity (Wildman–Crippen MR) is 126 cm³/mol. The summed E-state index contributed by atoms with van der Waals surface area (Å²) in [5.74, 6) is -0.265. The molecule has 3 aromatic rings. The summed E-state index contributed by atoms with van der Waals surface area (Å²) < 4.78 is 32.1. The summed E-state index contributed by atoms with van der Waals surface area (Å²) in [6.07, 6.45) is 2.60. The summed E-state index contributed by atoms with van der Waals surface area (Å²) in [5.41, 5.74) is 9.50. The third kappa shape index (κ3) is 6.68. The van der Waals surface area contributed by atoms with Crippen LogP contribution in [-0.2, 0) is 16.7 Å². The Hall–Kier alpha value is -4.13. The zero-order valence-electron chi connectivity index (χ0n) is 18.0. The molecule has 0 bridgehead atoms. The first-order valence-corrected chi connectivity index (χ1v) is 11.4. The lowest BCUT2D eigenvalue weighted by molar-refractivity contribution is 0.0933. The first-order valence-electron chi connectivity index (χ1n) is 9.94. The molecule has 0 atom stereocenters. The van der Waals surface area contributed by atoms with Crippen LogP contribution in [0.4, 0.5) is 5.82 Å². The molecule has 0 unspecified atom stereocenters. The number of amides is 2. The summed E-state index contributed by atoms with van der Waals surface area (Å²) in [6.45, 7) is 0.268. The minimum absolute atomic E-state index is 0.198. The smallest absolute Gasteiger partial charge is 0.295 e. The van der Waals surface area contributed by atoms with Crippen molar-refractivity contribution in [1.82, 2.24) is 21.2 Å². The average molecular weight is 483 g/mol. The van der Waals surface area contributed by atoms with E-state index in [4.69, 9.17) is 0 Å². The van der Waals surface area contributed by atoms with Crippen molar-refractivity contribution in [3.05, 3.63) is 89.1 Å². The Morgan fingerprint density at radius 1 is 1.00 bits per heavy atom. The molecule has 0 aliphatic heterocycles. The highest BCUT2D eigenvalue weighted by Gasteiger charge is 2.13. The molecule has 34 heavy (non-hydrogen) atoms. The van der Waals surface area contributed by atoms with Crippen molar-refractivity contribution in [2.75, 3.05) is 12.5 Å². The van der Waals surface area contributed by atoms with Gasteiger partial charge in [0.05, 0.1) is 11.8 Å². The Bertz CT molecular complexity index is 1290. The lowest BCUT2D eigenvalue weighted by Gasteiger charge is -2.07. The molecule has 0 saturated carbocycles. The van der Waals surface area contributed by atoms with Crippen LogP contribution in [0, 0.1) is 0 Å². The molecule has 176 valence electrons. The van der Waals surface area contributed by atoms with Gasteiger partial charge in [0.1, 0.15) is 10.7 Å². The number of carbonyl (C=O) groups excluding carboxylic acids is 2. The van der Waals surface area contributed by atoms with Crippen LogP contribution >= 0.6 is 0 Å². The second kappa shape index (κ2) is 11.1. The number of hydrogen-bond acceptors (Lipinski definition) is 8. The predicted octanol–water partition coefficient (Wildman–Crippen LogP) is 1.57. The van der Waals surface area contributed by atoms with Crippen LogP contribution in [0.1, 0.15) is 31.8 Å². The van der Waals surface area contributed by atoms with Crippen molar-refractivity contribution in [2.24, 2.45) is 5.10 Å². The van der Waals surface area contributed by atoms with Crippen LogP contribution in [-0.4, -0.2) is 43.0 Å². The molecular formula is C22H22N6O5S. The maximum atomic E-state index is 12.4. The molecule has 0 aliphatic carbocycles. The Balaban J connectivity index is 1.55. The number of nitrogens with zero attached hydrogens (tertiary/aromatic N) is 2. The molecule has 2 aromatic carbocycles. The van der Waals surface area contributed by atoms with Crippen molar-refractivity contribution in [3.8, 4) is 0 Å². The number of hydrazone groups is 1. The first kappa shape index (κ1) is 24.5. The number of hydrazine groups is 1. The second-order valence-corrected chi connectivity index (χ2v) is 8.29. The fraction of sp³-hybridized carbons (Fsp3) is 0.0909. The fourth-order valence-electron chi connectivity index (χ4n) is 2.83. The quantitative estimate of drug-likeness (QED) is 0.174. The van der Waals surface area contributed by atoms with Crippen molar-refractivity contribution < 1.29 is 22.6 Å². The van der Waals surface area contributed by atoms with E-state index in [1.807, 2.05) is 0 Å². The van der Waals surface area contributed by atoms with Crippen LogP contribution in [0.5, 0.6) is 0 Å². The van der Waals surface area contributed by atoms with Gasteiger partial charge in [0, 0.05) is 30.9 Å². The summed E-state index contributed by atoms with van der Waals surface area (Å²) in [7, 11) is -2.78. The molecule has 1 heterocycles. The maximum Gasteiger partial charge on any atom is 0.295 e. The fourth-order valence-corrected chi connectivity index (χ4v) is 3.50. The number of nitrogens with one attached hydrogen (secondary N) is 4. The summed E-state index contributed by atoms with van der Waals surface area (Å²) in [6, 6.07) is 15.7. The van der Waals surface area contributed by atoms with Gasteiger partial charge in [-0.05, 0) is 35.9 Å². The highest BCUT2D eigenvalue weighted by Crippen LogP contribution is 2.13.